The Kier molecular flexibility index (Phi) is 6.69. The lowest BCUT2D eigenvalue weighted by Gasteiger charge is -2.35. The molecule has 0 radical (unpaired) electrons. The van der Waals surface area contributed by atoms with E-state index in [4.69, 9.17) is 4.74 Å². The molecule has 2 amide bonds. The summed E-state index contributed by atoms with van der Waals surface area (Å²) in [7, 11) is -2.08. The molecule has 0 aliphatic carbocycles. The summed E-state index contributed by atoms with van der Waals surface area (Å²) in [6.45, 7) is 2.81. The van der Waals surface area contributed by atoms with Crippen LogP contribution in [-0.4, -0.2) is 76.0 Å². The second-order valence-electron chi connectivity index (χ2n) is 7.06. The van der Waals surface area contributed by atoms with E-state index in [-0.39, 0.29) is 22.8 Å². The zero-order valence-corrected chi connectivity index (χ0v) is 16.9. The Balaban J connectivity index is 1.45. The van der Waals surface area contributed by atoms with Gasteiger partial charge in [0.2, 0.25) is 15.9 Å². The van der Waals surface area contributed by atoms with Gasteiger partial charge in [-0.2, -0.15) is 0 Å². The van der Waals surface area contributed by atoms with Crippen molar-refractivity contribution in [3.8, 4) is 0 Å². The topological polar surface area (TPSA) is 96.0 Å². The maximum Gasteiger partial charge on any atom is 0.251 e. The third-order valence-corrected chi connectivity index (χ3v) is 6.71. The van der Waals surface area contributed by atoms with Crippen LogP contribution in [-0.2, 0) is 30.8 Å². The van der Waals surface area contributed by atoms with Gasteiger partial charge in [-0.15, -0.1) is 0 Å². The molecule has 28 heavy (non-hydrogen) atoms. The minimum Gasteiger partial charge on any atom is -0.368 e. The van der Waals surface area contributed by atoms with E-state index in [1.54, 1.807) is 34.1 Å². The van der Waals surface area contributed by atoms with Crippen LogP contribution in [0, 0.1) is 0 Å². The summed E-state index contributed by atoms with van der Waals surface area (Å²) in [5.41, 5.74) is 0.913. The van der Waals surface area contributed by atoms with Crippen LogP contribution in [0.25, 0.3) is 0 Å². The summed E-state index contributed by atoms with van der Waals surface area (Å²) in [5, 5.41) is 0. The van der Waals surface area contributed by atoms with E-state index in [9.17, 15) is 18.0 Å². The van der Waals surface area contributed by atoms with Crippen LogP contribution in [0.1, 0.15) is 24.8 Å². The van der Waals surface area contributed by atoms with Gasteiger partial charge in [-0.25, -0.2) is 13.1 Å². The zero-order chi connectivity index (χ0) is 20.1. The van der Waals surface area contributed by atoms with Crippen LogP contribution in [0.5, 0.6) is 0 Å². The van der Waals surface area contributed by atoms with E-state index in [2.05, 4.69) is 4.72 Å². The average Bonchev–Trinajstić information content (AvgIpc) is 3.27. The van der Waals surface area contributed by atoms with E-state index in [0.29, 0.717) is 45.6 Å². The second kappa shape index (κ2) is 9.02. The van der Waals surface area contributed by atoms with Crippen LogP contribution < -0.4 is 4.72 Å². The Morgan fingerprint density at radius 2 is 1.75 bits per heavy atom. The third-order valence-electron chi connectivity index (χ3n) is 5.28. The molecular weight excluding hydrogens is 382 g/mol. The number of benzene rings is 1. The van der Waals surface area contributed by atoms with Crippen molar-refractivity contribution in [1.29, 1.82) is 0 Å². The highest BCUT2D eigenvalue weighted by Crippen LogP contribution is 2.17. The second-order valence-corrected chi connectivity index (χ2v) is 8.95. The number of nitrogens with zero attached hydrogens (tertiary/aromatic N) is 2. The highest BCUT2D eigenvalue weighted by atomic mass is 32.2. The third kappa shape index (κ3) is 4.89. The molecular formula is C19H27N3O5S. The first-order valence-electron chi connectivity index (χ1n) is 9.61. The summed E-state index contributed by atoms with van der Waals surface area (Å²) < 4.78 is 31.2. The minimum absolute atomic E-state index is 0.0428. The van der Waals surface area contributed by atoms with E-state index < -0.39 is 10.0 Å². The number of carbonyl (C=O) groups is 2. The van der Waals surface area contributed by atoms with Gasteiger partial charge in [0.1, 0.15) is 6.10 Å². The van der Waals surface area contributed by atoms with Gasteiger partial charge >= 0.3 is 0 Å². The molecule has 1 N–H and O–H groups in total. The van der Waals surface area contributed by atoms with Crippen LogP contribution in [0.2, 0.25) is 0 Å². The lowest BCUT2D eigenvalue weighted by Crippen LogP contribution is -2.52. The molecule has 0 bridgehead atoms. The number of carbonyl (C=O) groups excluding carboxylic acids is 2. The molecule has 2 aliphatic heterocycles. The Morgan fingerprint density at radius 3 is 2.32 bits per heavy atom. The molecule has 0 spiro atoms. The Morgan fingerprint density at radius 1 is 1.11 bits per heavy atom. The molecule has 2 aliphatic rings. The number of piperazine rings is 1. The van der Waals surface area contributed by atoms with E-state index in [1.165, 1.54) is 7.05 Å². The Hall–Kier alpha value is -1.97. The predicted octanol–water partition coefficient (Wildman–Crippen LogP) is 0.377. The summed E-state index contributed by atoms with van der Waals surface area (Å²) >= 11 is 0. The van der Waals surface area contributed by atoms with Gasteiger partial charge in [0.15, 0.2) is 0 Å². The zero-order valence-electron chi connectivity index (χ0n) is 16.1. The van der Waals surface area contributed by atoms with E-state index in [1.807, 2.05) is 0 Å². The van der Waals surface area contributed by atoms with Gasteiger partial charge in [0.25, 0.3) is 5.91 Å². The Bertz CT molecular complexity index is 795. The summed E-state index contributed by atoms with van der Waals surface area (Å²) in [6.07, 6.45) is 2.31. The molecule has 1 aromatic rings. The predicted molar refractivity (Wildman–Crippen MR) is 103 cm³/mol. The van der Waals surface area contributed by atoms with Crippen molar-refractivity contribution in [2.45, 2.75) is 36.7 Å². The van der Waals surface area contributed by atoms with Gasteiger partial charge in [-0.05, 0) is 44.0 Å². The quantitative estimate of drug-likeness (QED) is 0.733. The molecule has 0 saturated carbocycles. The summed E-state index contributed by atoms with van der Waals surface area (Å²) in [5.74, 6) is 0.0948. The average molecular weight is 410 g/mol. The summed E-state index contributed by atoms with van der Waals surface area (Å²) in [4.78, 5) is 28.6. The molecule has 3 rings (SSSR count). The van der Waals surface area contributed by atoms with Gasteiger partial charge in [0.05, 0.1) is 4.90 Å². The fraction of sp³-hybridized carbons (Fsp3) is 0.579. The fourth-order valence-corrected chi connectivity index (χ4v) is 4.24. The first-order chi connectivity index (χ1) is 13.4. The molecule has 1 atom stereocenters. The number of hydrogen-bond acceptors (Lipinski definition) is 5. The van der Waals surface area contributed by atoms with Gasteiger partial charge in [-0.3, -0.25) is 9.59 Å². The van der Waals surface area contributed by atoms with Crippen molar-refractivity contribution >= 4 is 21.8 Å². The molecule has 2 fully saturated rings. The number of nitrogens with one attached hydrogen (secondary N) is 1. The van der Waals surface area contributed by atoms with Gasteiger partial charge in [-0.1, -0.05) is 12.1 Å². The SMILES string of the molecule is CNS(=O)(=O)c1ccc(CCC(=O)N2CCN(C(=O)C3CCCO3)CC2)cc1. The lowest BCUT2D eigenvalue weighted by atomic mass is 10.1. The first kappa shape index (κ1) is 20.8. The normalized spacial score (nSPS) is 20.4. The highest BCUT2D eigenvalue weighted by molar-refractivity contribution is 7.89. The minimum atomic E-state index is -3.45. The van der Waals surface area contributed by atoms with Crippen molar-refractivity contribution < 1.29 is 22.7 Å². The molecule has 1 aromatic carbocycles. The van der Waals surface area contributed by atoms with Crippen molar-refractivity contribution in [2.75, 3.05) is 39.8 Å². The molecule has 154 valence electrons. The van der Waals surface area contributed by atoms with E-state index in [0.717, 1.165) is 18.4 Å². The van der Waals surface area contributed by atoms with Crippen molar-refractivity contribution in [2.24, 2.45) is 0 Å². The van der Waals surface area contributed by atoms with Gasteiger partial charge < -0.3 is 14.5 Å². The van der Waals surface area contributed by atoms with Crippen LogP contribution >= 0.6 is 0 Å². The standard InChI is InChI=1S/C19H27N3O5S/c1-20-28(25,26)16-7-4-15(5-8-16)6-9-18(23)21-10-12-22(13-11-21)19(24)17-3-2-14-27-17/h4-5,7-8,17,20H,2-3,6,9-14H2,1H3. The van der Waals surface area contributed by atoms with Crippen LogP contribution in [0.15, 0.2) is 29.2 Å². The first-order valence-corrected chi connectivity index (χ1v) is 11.1. The van der Waals surface area contributed by atoms with Crippen LogP contribution in [0.3, 0.4) is 0 Å². The molecule has 2 saturated heterocycles. The molecule has 0 aromatic heterocycles. The van der Waals surface area contributed by atoms with Crippen molar-refractivity contribution in [1.82, 2.24) is 14.5 Å². The maximum atomic E-state index is 12.5. The number of amides is 2. The van der Waals surface area contributed by atoms with Crippen molar-refractivity contribution in [3.63, 3.8) is 0 Å². The van der Waals surface area contributed by atoms with Gasteiger partial charge in [0, 0.05) is 39.2 Å². The number of hydrogen-bond donors (Lipinski definition) is 1. The number of sulfonamides is 1. The molecule has 1 unspecified atom stereocenters. The molecule has 2 heterocycles. The molecule has 9 heteroatoms. The number of rotatable bonds is 6. The van der Waals surface area contributed by atoms with Crippen molar-refractivity contribution in [3.05, 3.63) is 29.8 Å². The lowest BCUT2D eigenvalue weighted by molar-refractivity contribution is -0.146. The largest absolute Gasteiger partial charge is 0.368 e. The Labute approximate surface area is 165 Å². The smallest absolute Gasteiger partial charge is 0.251 e. The summed E-state index contributed by atoms with van der Waals surface area (Å²) in [6, 6.07) is 6.55. The van der Waals surface area contributed by atoms with E-state index >= 15 is 0 Å². The highest BCUT2D eigenvalue weighted by Gasteiger charge is 2.31. The molecule has 8 nitrogen and oxygen atoms in total. The number of ether oxygens (including phenoxy) is 1. The van der Waals surface area contributed by atoms with Crippen LogP contribution in [0.4, 0.5) is 0 Å². The maximum absolute atomic E-state index is 12.5. The number of aryl methyl sites for hydroxylation is 1. The monoisotopic (exact) mass is 409 g/mol. The fourth-order valence-electron chi connectivity index (χ4n) is 3.51.